The normalized spacial score (nSPS) is 12.1. The van der Waals surface area contributed by atoms with Crippen LogP contribution in [0.25, 0.3) is 0 Å². The highest BCUT2D eigenvalue weighted by atomic mass is 32.1. The fourth-order valence-corrected chi connectivity index (χ4v) is 3.14. The molecule has 0 aliphatic rings. The molecule has 0 saturated heterocycles. The van der Waals surface area contributed by atoms with Gasteiger partial charge in [-0.1, -0.05) is 12.1 Å². The summed E-state index contributed by atoms with van der Waals surface area (Å²) in [5, 5.41) is 6.00. The van der Waals surface area contributed by atoms with Gasteiger partial charge in [-0.2, -0.15) is 0 Å². The summed E-state index contributed by atoms with van der Waals surface area (Å²) in [6.07, 6.45) is 0. The van der Waals surface area contributed by atoms with Crippen molar-refractivity contribution in [2.75, 3.05) is 34.8 Å². The average Bonchev–Trinajstić information content (AvgIpc) is 3.00. The second kappa shape index (κ2) is 8.82. The summed E-state index contributed by atoms with van der Waals surface area (Å²) in [5.74, 6) is 0.823. The van der Waals surface area contributed by atoms with Gasteiger partial charge < -0.3 is 19.9 Å². The number of amides is 2. The number of hydrogen-bond donors (Lipinski definition) is 1. The van der Waals surface area contributed by atoms with Gasteiger partial charge in [-0.25, -0.2) is 9.78 Å². The third-order valence-corrected chi connectivity index (χ3v) is 4.81. The highest BCUT2D eigenvalue weighted by molar-refractivity contribution is 7.09. The number of likely N-dealkylation sites (N-methyl/N-ethyl adjacent to an activating group) is 1. The Hall–Kier alpha value is -2.12. The van der Waals surface area contributed by atoms with E-state index in [0.29, 0.717) is 13.1 Å². The van der Waals surface area contributed by atoms with Crippen molar-refractivity contribution in [1.29, 1.82) is 0 Å². The zero-order valence-electron chi connectivity index (χ0n) is 15.4. The lowest BCUT2D eigenvalue weighted by molar-refractivity contribution is 0.200. The van der Waals surface area contributed by atoms with Crippen molar-refractivity contribution >= 4 is 17.4 Å². The fraction of sp³-hybridized carbons (Fsp3) is 0.444. The summed E-state index contributed by atoms with van der Waals surface area (Å²) in [5.41, 5.74) is 2.04. The van der Waals surface area contributed by atoms with Crippen LogP contribution in [0, 0.1) is 6.92 Å². The number of aromatic nitrogens is 1. The van der Waals surface area contributed by atoms with E-state index in [1.165, 1.54) is 0 Å². The number of rotatable bonds is 7. The number of nitrogens with zero attached hydrogens (tertiary/aromatic N) is 3. The van der Waals surface area contributed by atoms with Crippen molar-refractivity contribution in [3.8, 4) is 5.75 Å². The molecule has 0 saturated carbocycles. The second-order valence-corrected chi connectivity index (χ2v) is 7.21. The number of urea groups is 1. The maximum atomic E-state index is 12.4. The number of benzene rings is 1. The fourth-order valence-electron chi connectivity index (χ4n) is 2.54. The predicted molar refractivity (Wildman–Crippen MR) is 101 cm³/mol. The van der Waals surface area contributed by atoms with Gasteiger partial charge in [0.25, 0.3) is 0 Å². The molecule has 1 aromatic carbocycles. The Balaban J connectivity index is 1.94. The van der Waals surface area contributed by atoms with Crippen LogP contribution in [-0.4, -0.2) is 55.6 Å². The summed E-state index contributed by atoms with van der Waals surface area (Å²) in [7, 11) is 7.44. The molecule has 0 aliphatic carbocycles. The molecule has 1 heterocycles. The molecule has 136 valence electrons. The molecule has 0 radical (unpaired) electrons. The summed E-state index contributed by atoms with van der Waals surface area (Å²) >= 11 is 1.59. The lowest BCUT2D eigenvalue weighted by atomic mass is 10.1. The Labute approximate surface area is 153 Å². The third kappa shape index (κ3) is 5.44. The first kappa shape index (κ1) is 19.2. The number of thiazole rings is 1. The molecular formula is C18H26N4O2S. The van der Waals surface area contributed by atoms with Crippen LogP contribution in [0.5, 0.6) is 5.75 Å². The van der Waals surface area contributed by atoms with Gasteiger partial charge in [-0.05, 0) is 38.7 Å². The van der Waals surface area contributed by atoms with Crippen molar-refractivity contribution in [3.05, 3.63) is 45.9 Å². The Bertz CT molecular complexity index is 685. The Morgan fingerprint density at radius 1 is 1.28 bits per heavy atom. The topological polar surface area (TPSA) is 57.7 Å². The van der Waals surface area contributed by atoms with Crippen LogP contribution in [0.4, 0.5) is 4.79 Å². The minimum atomic E-state index is -0.106. The third-order valence-electron chi connectivity index (χ3n) is 3.98. The SMILES string of the molecule is COc1ccc(C(CNC(=O)N(C)Cc2csc(C)n2)N(C)C)cc1. The summed E-state index contributed by atoms with van der Waals surface area (Å²) in [6, 6.07) is 7.90. The number of ether oxygens (including phenoxy) is 1. The maximum Gasteiger partial charge on any atom is 0.317 e. The van der Waals surface area contributed by atoms with Gasteiger partial charge in [-0.3, -0.25) is 0 Å². The molecule has 0 bridgehead atoms. The lowest BCUT2D eigenvalue weighted by Crippen LogP contribution is -2.41. The number of nitrogens with one attached hydrogen (secondary N) is 1. The van der Waals surface area contributed by atoms with Crippen LogP contribution in [0.3, 0.4) is 0 Å². The highest BCUT2D eigenvalue weighted by Gasteiger charge is 2.17. The maximum absolute atomic E-state index is 12.4. The molecule has 1 N–H and O–H groups in total. The summed E-state index contributed by atoms with van der Waals surface area (Å²) < 4.78 is 5.20. The zero-order chi connectivity index (χ0) is 18.4. The van der Waals surface area contributed by atoms with Crippen molar-refractivity contribution < 1.29 is 9.53 Å². The Morgan fingerprint density at radius 2 is 1.96 bits per heavy atom. The Kier molecular flexibility index (Phi) is 6.78. The molecule has 1 atom stereocenters. The van der Waals surface area contributed by atoms with Crippen LogP contribution in [0.2, 0.25) is 0 Å². The molecule has 2 amide bonds. The second-order valence-electron chi connectivity index (χ2n) is 6.15. The van der Waals surface area contributed by atoms with Gasteiger partial charge in [0.05, 0.1) is 30.4 Å². The molecule has 0 aliphatic heterocycles. The predicted octanol–water partition coefficient (Wildman–Crippen LogP) is 2.90. The van der Waals surface area contributed by atoms with Crippen LogP contribution in [-0.2, 0) is 6.54 Å². The van der Waals surface area contributed by atoms with Gasteiger partial charge >= 0.3 is 6.03 Å². The first-order valence-electron chi connectivity index (χ1n) is 8.11. The molecule has 1 aromatic heterocycles. The molecule has 7 heteroatoms. The highest BCUT2D eigenvalue weighted by Crippen LogP contribution is 2.20. The number of aryl methyl sites for hydroxylation is 1. The van der Waals surface area contributed by atoms with E-state index in [2.05, 4.69) is 15.2 Å². The van der Waals surface area contributed by atoms with Gasteiger partial charge in [0.15, 0.2) is 0 Å². The first-order chi connectivity index (χ1) is 11.9. The molecule has 2 aromatic rings. The van der Waals surface area contributed by atoms with Crippen molar-refractivity contribution in [2.24, 2.45) is 0 Å². The van der Waals surface area contributed by atoms with Gasteiger partial charge in [-0.15, -0.1) is 11.3 Å². The number of methoxy groups -OCH3 is 1. The van der Waals surface area contributed by atoms with Crippen LogP contribution >= 0.6 is 11.3 Å². The number of carbonyl (C=O) groups is 1. The minimum absolute atomic E-state index is 0.0878. The van der Waals surface area contributed by atoms with E-state index < -0.39 is 0 Å². The molecule has 0 fully saturated rings. The standard InChI is InChI=1S/C18H26N4O2S/c1-13-20-15(12-25-13)11-22(4)18(23)19-10-17(21(2)3)14-6-8-16(24-5)9-7-14/h6-9,12,17H,10-11H2,1-5H3,(H,19,23). The van der Waals surface area contributed by atoms with Crippen LogP contribution in [0.15, 0.2) is 29.6 Å². The summed E-state index contributed by atoms with van der Waals surface area (Å²) in [4.78, 5) is 20.5. The molecule has 0 spiro atoms. The van der Waals surface area contributed by atoms with Crippen molar-refractivity contribution in [2.45, 2.75) is 19.5 Å². The van der Waals surface area contributed by atoms with Gasteiger partial charge in [0.1, 0.15) is 5.75 Å². The van der Waals surface area contributed by atoms with E-state index >= 15 is 0 Å². The van der Waals surface area contributed by atoms with E-state index in [1.54, 1.807) is 30.4 Å². The average molecular weight is 362 g/mol. The first-order valence-corrected chi connectivity index (χ1v) is 8.99. The van der Waals surface area contributed by atoms with Gasteiger partial charge in [0, 0.05) is 19.0 Å². The van der Waals surface area contributed by atoms with Crippen LogP contribution < -0.4 is 10.1 Å². The van der Waals surface area contributed by atoms with E-state index in [1.807, 2.05) is 50.7 Å². The van der Waals surface area contributed by atoms with Gasteiger partial charge in [0.2, 0.25) is 0 Å². The van der Waals surface area contributed by atoms with Crippen molar-refractivity contribution in [1.82, 2.24) is 20.1 Å². The lowest BCUT2D eigenvalue weighted by Gasteiger charge is -2.26. The van der Waals surface area contributed by atoms with Crippen LogP contribution in [0.1, 0.15) is 22.3 Å². The molecule has 25 heavy (non-hydrogen) atoms. The molecular weight excluding hydrogens is 336 g/mol. The number of hydrogen-bond acceptors (Lipinski definition) is 5. The minimum Gasteiger partial charge on any atom is -0.497 e. The molecule has 1 unspecified atom stereocenters. The van der Waals surface area contributed by atoms with E-state index in [4.69, 9.17) is 4.74 Å². The van der Waals surface area contributed by atoms with E-state index in [-0.39, 0.29) is 12.1 Å². The monoisotopic (exact) mass is 362 g/mol. The summed E-state index contributed by atoms with van der Waals surface area (Å²) in [6.45, 7) is 2.99. The van der Waals surface area contributed by atoms with E-state index in [9.17, 15) is 4.79 Å². The Morgan fingerprint density at radius 3 is 2.48 bits per heavy atom. The largest absolute Gasteiger partial charge is 0.497 e. The zero-order valence-corrected chi connectivity index (χ0v) is 16.3. The quantitative estimate of drug-likeness (QED) is 0.823. The number of carbonyl (C=O) groups excluding carboxylic acids is 1. The molecule has 6 nitrogen and oxygen atoms in total. The molecule has 2 rings (SSSR count). The van der Waals surface area contributed by atoms with E-state index in [0.717, 1.165) is 22.0 Å². The van der Waals surface area contributed by atoms with Crippen molar-refractivity contribution in [3.63, 3.8) is 0 Å². The smallest absolute Gasteiger partial charge is 0.317 e.